The number of halogens is 1. The molecule has 0 bridgehead atoms. The lowest BCUT2D eigenvalue weighted by atomic mass is 9.95. The van der Waals surface area contributed by atoms with Crippen molar-refractivity contribution in [1.29, 1.82) is 0 Å². The maximum absolute atomic E-state index is 13.1. The van der Waals surface area contributed by atoms with Gasteiger partial charge >= 0.3 is 5.97 Å². The third kappa shape index (κ3) is 6.43. The van der Waals surface area contributed by atoms with Gasteiger partial charge < -0.3 is 24.5 Å². The van der Waals surface area contributed by atoms with Gasteiger partial charge in [-0.3, -0.25) is 4.79 Å². The van der Waals surface area contributed by atoms with Gasteiger partial charge in [-0.25, -0.2) is 14.6 Å². The molecule has 1 atom stereocenters. The standard InChI is InChI=1S/C27H25FN4O5S/c1-3-35-26(34)24-16(2)30-27(38)31-25(24)20-6-4-5-7-22(20)36-15-23(33)32-29-14-19-12-13-21(37-19)17-8-10-18(28)11-9-17/h4-14,25H,3,15H2,1-2H3,(H,32,33)(H2,30,31,38)/t25-/m0/s1. The lowest BCUT2D eigenvalue weighted by molar-refractivity contribution is -0.139. The molecule has 0 saturated heterocycles. The predicted molar refractivity (Wildman–Crippen MR) is 143 cm³/mol. The number of furan rings is 1. The Kier molecular flexibility index (Phi) is 8.49. The number of nitrogens with one attached hydrogen (secondary N) is 3. The van der Waals surface area contributed by atoms with E-state index in [1.807, 2.05) is 0 Å². The molecule has 0 spiro atoms. The summed E-state index contributed by atoms with van der Waals surface area (Å²) in [6.07, 6.45) is 1.35. The van der Waals surface area contributed by atoms with E-state index in [-0.39, 0.29) is 19.0 Å². The zero-order valence-electron chi connectivity index (χ0n) is 20.6. The SMILES string of the molecule is CCOC(=O)C1=C(C)NC(=S)N[C@H]1c1ccccc1OCC(=O)NN=Cc1ccc(-c2ccc(F)cc2)o1. The third-order valence-corrected chi connectivity index (χ3v) is 5.71. The molecule has 3 aromatic rings. The molecule has 1 aliphatic heterocycles. The maximum Gasteiger partial charge on any atom is 0.338 e. The van der Waals surface area contributed by atoms with Crippen LogP contribution in [0.25, 0.3) is 11.3 Å². The molecular formula is C27H25FN4O5S. The molecule has 2 heterocycles. The number of esters is 1. The zero-order chi connectivity index (χ0) is 27.1. The van der Waals surface area contributed by atoms with E-state index in [2.05, 4.69) is 21.2 Å². The Bertz CT molecular complexity index is 1400. The van der Waals surface area contributed by atoms with Crippen molar-refractivity contribution in [3.8, 4) is 17.1 Å². The fourth-order valence-electron chi connectivity index (χ4n) is 3.79. The first-order valence-electron chi connectivity index (χ1n) is 11.7. The molecule has 0 aliphatic carbocycles. The number of nitrogens with zero attached hydrogens (tertiary/aromatic N) is 1. The van der Waals surface area contributed by atoms with Crippen molar-refractivity contribution in [2.75, 3.05) is 13.2 Å². The smallest absolute Gasteiger partial charge is 0.338 e. The molecule has 1 aromatic heterocycles. The van der Waals surface area contributed by atoms with Gasteiger partial charge in [0.15, 0.2) is 11.7 Å². The Balaban J connectivity index is 1.40. The molecule has 0 saturated carbocycles. The van der Waals surface area contributed by atoms with Crippen molar-refractivity contribution in [2.45, 2.75) is 19.9 Å². The number of hydrogen-bond acceptors (Lipinski definition) is 7. The van der Waals surface area contributed by atoms with E-state index in [9.17, 15) is 14.0 Å². The van der Waals surface area contributed by atoms with E-state index in [1.54, 1.807) is 62.4 Å². The molecule has 0 unspecified atom stereocenters. The average Bonchev–Trinajstić information content (AvgIpc) is 3.36. The number of para-hydroxylation sites is 1. The van der Waals surface area contributed by atoms with Gasteiger partial charge in [-0.2, -0.15) is 5.10 Å². The van der Waals surface area contributed by atoms with Gasteiger partial charge in [-0.15, -0.1) is 0 Å². The highest BCUT2D eigenvalue weighted by Gasteiger charge is 2.32. The topological polar surface area (TPSA) is 114 Å². The predicted octanol–water partition coefficient (Wildman–Crippen LogP) is 3.97. The van der Waals surface area contributed by atoms with E-state index in [0.29, 0.717) is 44.8 Å². The molecule has 11 heteroatoms. The van der Waals surface area contributed by atoms with Gasteiger partial charge in [0.25, 0.3) is 5.91 Å². The van der Waals surface area contributed by atoms with Crippen molar-refractivity contribution in [3.63, 3.8) is 0 Å². The quantitative estimate of drug-likeness (QED) is 0.163. The van der Waals surface area contributed by atoms with Gasteiger partial charge in [0.05, 0.1) is 24.4 Å². The first kappa shape index (κ1) is 26.6. The number of thiocarbonyl (C=S) groups is 1. The number of carbonyl (C=O) groups excluding carboxylic acids is 2. The van der Waals surface area contributed by atoms with Crippen LogP contribution in [0.4, 0.5) is 4.39 Å². The van der Waals surface area contributed by atoms with Crippen LogP contribution < -0.4 is 20.8 Å². The molecular weight excluding hydrogens is 511 g/mol. The van der Waals surface area contributed by atoms with Crippen LogP contribution in [0.1, 0.15) is 31.2 Å². The van der Waals surface area contributed by atoms with E-state index in [1.165, 1.54) is 18.3 Å². The van der Waals surface area contributed by atoms with E-state index >= 15 is 0 Å². The Morgan fingerprint density at radius 2 is 1.92 bits per heavy atom. The summed E-state index contributed by atoms with van der Waals surface area (Å²) in [6.45, 7) is 3.35. The number of carbonyl (C=O) groups is 2. The monoisotopic (exact) mass is 536 g/mol. The summed E-state index contributed by atoms with van der Waals surface area (Å²) < 4.78 is 29.8. The van der Waals surface area contributed by atoms with Crippen LogP contribution in [0.5, 0.6) is 5.75 Å². The molecule has 1 aliphatic rings. The highest BCUT2D eigenvalue weighted by atomic mass is 32.1. The summed E-state index contributed by atoms with van der Waals surface area (Å²) in [5.41, 5.74) is 4.64. The molecule has 38 heavy (non-hydrogen) atoms. The Morgan fingerprint density at radius 3 is 2.68 bits per heavy atom. The maximum atomic E-state index is 13.1. The molecule has 196 valence electrons. The minimum Gasteiger partial charge on any atom is -0.483 e. The van der Waals surface area contributed by atoms with Crippen molar-refractivity contribution in [3.05, 3.63) is 89.1 Å². The summed E-state index contributed by atoms with van der Waals surface area (Å²) >= 11 is 5.28. The number of hydrazone groups is 1. The number of hydrogen-bond donors (Lipinski definition) is 3. The summed E-state index contributed by atoms with van der Waals surface area (Å²) in [5.74, 6) is -0.00498. The fourth-order valence-corrected chi connectivity index (χ4v) is 4.06. The van der Waals surface area contributed by atoms with Crippen LogP contribution in [0.15, 0.2) is 81.5 Å². The third-order valence-electron chi connectivity index (χ3n) is 5.49. The lowest BCUT2D eigenvalue weighted by Crippen LogP contribution is -2.45. The molecule has 0 radical (unpaired) electrons. The Hall–Kier alpha value is -4.51. The molecule has 4 rings (SSSR count). The summed E-state index contributed by atoms with van der Waals surface area (Å²) in [6, 6.07) is 15.7. The van der Waals surface area contributed by atoms with Gasteiger partial charge in [0.2, 0.25) is 0 Å². The minimum atomic E-state index is -0.630. The molecule has 1 amide bonds. The first-order valence-corrected chi connectivity index (χ1v) is 12.1. The summed E-state index contributed by atoms with van der Waals surface area (Å²) in [7, 11) is 0. The Labute approximate surface area is 223 Å². The largest absolute Gasteiger partial charge is 0.483 e. The summed E-state index contributed by atoms with van der Waals surface area (Å²) in [5, 5.41) is 10.3. The number of amides is 1. The lowest BCUT2D eigenvalue weighted by Gasteiger charge is -2.30. The first-order chi connectivity index (χ1) is 18.4. The van der Waals surface area contributed by atoms with Crippen molar-refractivity contribution in [1.82, 2.24) is 16.1 Å². The van der Waals surface area contributed by atoms with Crippen LogP contribution in [-0.2, 0) is 14.3 Å². The van der Waals surface area contributed by atoms with Crippen LogP contribution in [0.2, 0.25) is 0 Å². The molecule has 9 nitrogen and oxygen atoms in total. The second kappa shape index (κ2) is 12.2. The normalized spacial score (nSPS) is 15.1. The highest BCUT2D eigenvalue weighted by Crippen LogP contribution is 2.33. The van der Waals surface area contributed by atoms with Crippen LogP contribution in [0.3, 0.4) is 0 Å². The van der Waals surface area contributed by atoms with Crippen molar-refractivity contribution >= 4 is 35.4 Å². The van der Waals surface area contributed by atoms with E-state index < -0.39 is 17.9 Å². The fraction of sp³-hybridized carbons (Fsp3) is 0.185. The second-order valence-corrected chi connectivity index (χ2v) is 8.53. The average molecular weight is 537 g/mol. The van der Waals surface area contributed by atoms with Crippen LogP contribution in [0, 0.1) is 5.82 Å². The van der Waals surface area contributed by atoms with E-state index in [0.717, 1.165) is 0 Å². The molecule has 3 N–H and O–H groups in total. The molecule has 0 fully saturated rings. The number of ether oxygens (including phenoxy) is 2. The highest BCUT2D eigenvalue weighted by molar-refractivity contribution is 7.80. The Morgan fingerprint density at radius 1 is 1.16 bits per heavy atom. The van der Waals surface area contributed by atoms with Crippen molar-refractivity contribution < 1.29 is 27.9 Å². The van der Waals surface area contributed by atoms with Gasteiger partial charge in [0.1, 0.15) is 23.1 Å². The number of allylic oxidation sites excluding steroid dienone is 1. The molecule has 2 aromatic carbocycles. The van der Waals surface area contributed by atoms with Crippen molar-refractivity contribution in [2.24, 2.45) is 5.10 Å². The van der Waals surface area contributed by atoms with Gasteiger partial charge in [-0.05, 0) is 68.5 Å². The van der Waals surface area contributed by atoms with Gasteiger partial charge in [0, 0.05) is 16.8 Å². The van der Waals surface area contributed by atoms with Crippen LogP contribution in [-0.4, -0.2) is 36.4 Å². The summed E-state index contributed by atoms with van der Waals surface area (Å²) in [4.78, 5) is 25.0. The number of rotatable bonds is 9. The van der Waals surface area contributed by atoms with E-state index in [4.69, 9.17) is 26.1 Å². The van der Waals surface area contributed by atoms with Gasteiger partial charge in [-0.1, -0.05) is 18.2 Å². The zero-order valence-corrected chi connectivity index (χ0v) is 21.4. The second-order valence-electron chi connectivity index (χ2n) is 8.12. The minimum absolute atomic E-state index is 0.219. The number of benzene rings is 2. The van der Waals surface area contributed by atoms with Crippen LogP contribution >= 0.6 is 12.2 Å².